The smallest absolute Gasteiger partial charge is 0.293 e. The molecule has 2 fully saturated rings. The van der Waals surface area contributed by atoms with E-state index < -0.39 is 4.92 Å². The molecule has 9 nitrogen and oxygen atoms in total. The van der Waals surface area contributed by atoms with Gasteiger partial charge in [0.2, 0.25) is 0 Å². The topological polar surface area (TPSA) is 92.1 Å². The molecule has 3 aromatic rings. The van der Waals surface area contributed by atoms with Crippen LogP contribution >= 0.6 is 11.3 Å². The van der Waals surface area contributed by atoms with Gasteiger partial charge in [0, 0.05) is 50.9 Å². The Morgan fingerprint density at radius 3 is 2.53 bits per heavy atom. The van der Waals surface area contributed by atoms with Crippen molar-refractivity contribution in [3.8, 4) is 0 Å². The van der Waals surface area contributed by atoms with E-state index in [0.29, 0.717) is 63.7 Å². The molecule has 2 aromatic carbocycles. The molecule has 0 saturated carbocycles. The van der Waals surface area contributed by atoms with Crippen molar-refractivity contribution in [2.45, 2.75) is 13.3 Å². The number of thiazole rings is 1. The number of ether oxygens (including phenoxy) is 1. The first-order valence-electron chi connectivity index (χ1n) is 11.6. The quantitative estimate of drug-likeness (QED) is 0.406. The van der Waals surface area contributed by atoms with Gasteiger partial charge in [-0.3, -0.25) is 14.9 Å². The van der Waals surface area contributed by atoms with Crippen LogP contribution in [-0.2, 0) is 11.2 Å². The van der Waals surface area contributed by atoms with Gasteiger partial charge in [-0.1, -0.05) is 24.3 Å². The molecule has 10 heteroatoms. The first-order chi connectivity index (χ1) is 16.5. The second kappa shape index (κ2) is 9.55. The number of aromatic nitrogens is 1. The molecule has 178 valence electrons. The van der Waals surface area contributed by atoms with Crippen LogP contribution in [-0.4, -0.2) is 73.2 Å². The predicted octanol–water partition coefficient (Wildman–Crippen LogP) is 3.57. The summed E-state index contributed by atoms with van der Waals surface area (Å²) in [5, 5.41) is 12.7. The van der Waals surface area contributed by atoms with E-state index in [1.54, 1.807) is 28.4 Å². The molecule has 0 atom stereocenters. The van der Waals surface area contributed by atoms with E-state index in [2.05, 4.69) is 30.0 Å². The number of carbonyl (C=O) groups excluding carboxylic acids is 1. The minimum absolute atomic E-state index is 0.0349. The molecule has 0 N–H and O–H groups in total. The lowest BCUT2D eigenvalue weighted by atomic mass is 10.1. The third kappa shape index (κ3) is 4.43. The Morgan fingerprint density at radius 1 is 1.06 bits per heavy atom. The molecule has 1 amide bonds. The van der Waals surface area contributed by atoms with Crippen molar-refractivity contribution in [2.75, 3.05) is 62.3 Å². The first kappa shape index (κ1) is 22.5. The summed E-state index contributed by atoms with van der Waals surface area (Å²) < 4.78 is 6.53. The molecule has 34 heavy (non-hydrogen) atoms. The van der Waals surface area contributed by atoms with Crippen LogP contribution in [0.25, 0.3) is 10.2 Å². The van der Waals surface area contributed by atoms with Gasteiger partial charge in [-0.15, -0.1) is 0 Å². The second-order valence-electron chi connectivity index (χ2n) is 8.49. The average Bonchev–Trinajstić information content (AvgIpc) is 3.32. The lowest BCUT2D eigenvalue weighted by Gasteiger charge is -2.34. The van der Waals surface area contributed by atoms with Crippen LogP contribution in [0.15, 0.2) is 36.4 Å². The third-order valence-electron chi connectivity index (χ3n) is 6.46. The zero-order valence-electron chi connectivity index (χ0n) is 19.1. The summed E-state index contributed by atoms with van der Waals surface area (Å²) in [6.45, 7) is 6.88. The second-order valence-corrected chi connectivity index (χ2v) is 9.50. The lowest BCUT2D eigenvalue weighted by Crippen LogP contribution is -2.48. The number of piperazine rings is 1. The Morgan fingerprint density at radius 2 is 1.82 bits per heavy atom. The van der Waals surface area contributed by atoms with Crippen LogP contribution in [0.2, 0.25) is 0 Å². The highest BCUT2D eigenvalue weighted by Crippen LogP contribution is 2.32. The molecule has 5 rings (SSSR count). The fraction of sp³-hybridized carbons (Fsp3) is 0.417. The molecule has 1 aromatic heterocycles. The van der Waals surface area contributed by atoms with Crippen molar-refractivity contribution in [1.29, 1.82) is 0 Å². The maximum atomic E-state index is 13.2. The Kier molecular flexibility index (Phi) is 6.34. The van der Waals surface area contributed by atoms with E-state index in [1.807, 2.05) is 4.90 Å². The SMILES string of the molecule is CCc1ccc2nc(N3CCN(C(=O)c4ccc(N5CCOCC5)c([N+](=O)[O-])c4)CC3)sc2c1. The summed E-state index contributed by atoms with van der Waals surface area (Å²) in [6, 6.07) is 11.2. The molecule has 2 aliphatic heterocycles. The number of rotatable bonds is 5. The van der Waals surface area contributed by atoms with Crippen LogP contribution in [0, 0.1) is 10.1 Å². The summed E-state index contributed by atoms with van der Waals surface area (Å²) in [7, 11) is 0. The van der Waals surface area contributed by atoms with Crippen LogP contribution in [0.1, 0.15) is 22.8 Å². The van der Waals surface area contributed by atoms with Crippen molar-refractivity contribution in [1.82, 2.24) is 9.88 Å². The van der Waals surface area contributed by atoms with E-state index in [9.17, 15) is 14.9 Å². The van der Waals surface area contributed by atoms with Crippen molar-refractivity contribution in [3.63, 3.8) is 0 Å². The highest BCUT2D eigenvalue weighted by Gasteiger charge is 2.27. The fourth-order valence-electron chi connectivity index (χ4n) is 4.47. The maximum Gasteiger partial charge on any atom is 0.293 e. The summed E-state index contributed by atoms with van der Waals surface area (Å²) in [6.07, 6.45) is 0.996. The zero-order chi connectivity index (χ0) is 23.7. The number of hydrogen-bond acceptors (Lipinski definition) is 8. The Labute approximate surface area is 201 Å². The first-order valence-corrected chi connectivity index (χ1v) is 12.4. The van der Waals surface area contributed by atoms with Gasteiger partial charge in [0.1, 0.15) is 5.69 Å². The van der Waals surface area contributed by atoms with E-state index in [0.717, 1.165) is 17.1 Å². The molecular formula is C24H27N5O4S. The zero-order valence-corrected chi connectivity index (χ0v) is 19.9. The van der Waals surface area contributed by atoms with Gasteiger partial charge in [-0.05, 0) is 36.2 Å². The number of nitro groups is 1. The van der Waals surface area contributed by atoms with Crippen LogP contribution in [0.5, 0.6) is 0 Å². The van der Waals surface area contributed by atoms with E-state index in [4.69, 9.17) is 9.72 Å². The lowest BCUT2D eigenvalue weighted by molar-refractivity contribution is -0.384. The summed E-state index contributed by atoms with van der Waals surface area (Å²) in [5.41, 5.74) is 3.16. The van der Waals surface area contributed by atoms with Gasteiger partial charge >= 0.3 is 0 Å². The van der Waals surface area contributed by atoms with Crippen molar-refractivity contribution in [2.24, 2.45) is 0 Å². The maximum absolute atomic E-state index is 13.2. The minimum Gasteiger partial charge on any atom is -0.378 e. The number of amides is 1. The fourth-order valence-corrected chi connectivity index (χ4v) is 5.55. The van der Waals surface area contributed by atoms with Crippen LogP contribution in [0.4, 0.5) is 16.5 Å². The molecule has 2 aliphatic rings. The molecule has 3 heterocycles. The number of benzene rings is 2. The van der Waals surface area contributed by atoms with Crippen molar-refractivity contribution < 1.29 is 14.5 Å². The molecule has 2 saturated heterocycles. The van der Waals surface area contributed by atoms with Gasteiger partial charge in [0.25, 0.3) is 11.6 Å². The largest absolute Gasteiger partial charge is 0.378 e. The number of anilines is 2. The number of carbonyl (C=O) groups is 1. The third-order valence-corrected chi connectivity index (χ3v) is 7.54. The molecule has 0 aliphatic carbocycles. The highest BCUT2D eigenvalue weighted by molar-refractivity contribution is 7.22. The predicted molar refractivity (Wildman–Crippen MR) is 133 cm³/mol. The average molecular weight is 482 g/mol. The molecule has 0 radical (unpaired) electrons. The van der Waals surface area contributed by atoms with Crippen LogP contribution < -0.4 is 9.80 Å². The molecule has 0 spiro atoms. The van der Waals surface area contributed by atoms with Gasteiger partial charge in [-0.25, -0.2) is 4.98 Å². The number of hydrogen-bond donors (Lipinski definition) is 0. The van der Waals surface area contributed by atoms with E-state index >= 15 is 0 Å². The monoisotopic (exact) mass is 481 g/mol. The summed E-state index contributed by atoms with van der Waals surface area (Å²) in [5.74, 6) is -0.173. The van der Waals surface area contributed by atoms with E-state index in [-0.39, 0.29) is 11.6 Å². The number of morpholine rings is 1. The summed E-state index contributed by atoms with van der Waals surface area (Å²) in [4.78, 5) is 35.2. The normalized spacial score (nSPS) is 16.8. The van der Waals surface area contributed by atoms with Crippen molar-refractivity contribution >= 4 is 44.0 Å². The summed E-state index contributed by atoms with van der Waals surface area (Å²) >= 11 is 1.68. The Hall–Kier alpha value is -3.24. The molecule has 0 unspecified atom stereocenters. The Bertz CT molecular complexity index is 1220. The molecular weight excluding hydrogens is 454 g/mol. The standard InChI is InChI=1S/C24H27N5O4S/c1-2-17-3-5-19-22(15-17)34-24(25-19)28-9-7-27(8-10-28)23(30)18-4-6-20(21(16-18)29(31)32)26-11-13-33-14-12-26/h3-6,15-16H,2,7-14H2,1H3. The number of aryl methyl sites for hydroxylation is 1. The highest BCUT2D eigenvalue weighted by atomic mass is 32.1. The number of fused-ring (bicyclic) bond motifs is 1. The van der Waals surface area contributed by atoms with Gasteiger partial charge in [-0.2, -0.15) is 0 Å². The number of nitro benzene ring substituents is 1. The molecule has 0 bridgehead atoms. The van der Waals surface area contributed by atoms with Gasteiger partial charge in [0.15, 0.2) is 5.13 Å². The van der Waals surface area contributed by atoms with Crippen molar-refractivity contribution in [3.05, 3.63) is 57.6 Å². The number of nitrogens with zero attached hydrogens (tertiary/aromatic N) is 5. The van der Waals surface area contributed by atoms with Gasteiger partial charge in [0.05, 0.1) is 28.4 Å². The van der Waals surface area contributed by atoms with E-state index in [1.165, 1.54) is 16.3 Å². The minimum atomic E-state index is -0.406. The van der Waals surface area contributed by atoms with Crippen LogP contribution in [0.3, 0.4) is 0 Å². The Balaban J connectivity index is 1.28. The van der Waals surface area contributed by atoms with Gasteiger partial charge < -0.3 is 19.4 Å².